The van der Waals surface area contributed by atoms with Crippen LogP contribution < -0.4 is 10.0 Å². The van der Waals surface area contributed by atoms with Crippen molar-refractivity contribution in [2.24, 2.45) is 5.92 Å². The molecular formula is C15H22N2O2S. The van der Waals surface area contributed by atoms with Gasteiger partial charge in [0.05, 0.1) is 4.90 Å². The van der Waals surface area contributed by atoms with Gasteiger partial charge in [-0.3, -0.25) is 0 Å². The van der Waals surface area contributed by atoms with Gasteiger partial charge in [-0.2, -0.15) is 0 Å². The lowest BCUT2D eigenvalue weighted by molar-refractivity contribution is 0.577. The van der Waals surface area contributed by atoms with E-state index < -0.39 is 10.0 Å². The Labute approximate surface area is 121 Å². The quantitative estimate of drug-likeness (QED) is 0.808. The van der Waals surface area contributed by atoms with Gasteiger partial charge in [0.15, 0.2) is 0 Å². The first kappa shape index (κ1) is 14.0. The maximum Gasteiger partial charge on any atom is 0.240 e. The van der Waals surface area contributed by atoms with E-state index in [0.29, 0.717) is 23.4 Å². The van der Waals surface area contributed by atoms with Gasteiger partial charge in [0, 0.05) is 19.1 Å². The molecular weight excluding hydrogens is 272 g/mol. The molecule has 5 heteroatoms. The van der Waals surface area contributed by atoms with E-state index in [-0.39, 0.29) is 0 Å². The third kappa shape index (κ3) is 3.59. The summed E-state index contributed by atoms with van der Waals surface area (Å²) in [7, 11) is -3.36. The summed E-state index contributed by atoms with van der Waals surface area (Å²) in [5, 5.41) is 3.44. The second-order valence-electron chi connectivity index (χ2n) is 6.04. The van der Waals surface area contributed by atoms with Crippen LogP contribution >= 0.6 is 0 Å². The molecule has 110 valence electrons. The highest BCUT2D eigenvalue weighted by Crippen LogP contribution is 2.28. The summed E-state index contributed by atoms with van der Waals surface area (Å²) < 4.78 is 27.2. The van der Waals surface area contributed by atoms with Crippen molar-refractivity contribution in [2.45, 2.75) is 50.1 Å². The molecule has 1 aromatic carbocycles. The van der Waals surface area contributed by atoms with Crippen molar-refractivity contribution >= 4 is 10.0 Å². The van der Waals surface area contributed by atoms with Gasteiger partial charge in [0.25, 0.3) is 0 Å². The Morgan fingerprint density at radius 3 is 2.60 bits per heavy atom. The lowest BCUT2D eigenvalue weighted by Gasteiger charge is -2.11. The molecule has 2 N–H and O–H groups in total. The average molecular weight is 294 g/mol. The van der Waals surface area contributed by atoms with Crippen molar-refractivity contribution in [3.63, 3.8) is 0 Å². The minimum Gasteiger partial charge on any atom is -0.310 e. The zero-order valence-electron chi connectivity index (χ0n) is 11.9. The van der Waals surface area contributed by atoms with Gasteiger partial charge < -0.3 is 5.32 Å². The summed E-state index contributed by atoms with van der Waals surface area (Å²) in [6.07, 6.45) is 4.76. The van der Waals surface area contributed by atoms with Gasteiger partial charge in [0.1, 0.15) is 0 Å². The largest absolute Gasteiger partial charge is 0.310 e. The fraction of sp³-hybridized carbons (Fsp3) is 0.600. The molecule has 2 saturated carbocycles. The van der Waals surface area contributed by atoms with Gasteiger partial charge in [-0.15, -0.1) is 0 Å². The van der Waals surface area contributed by atoms with E-state index in [2.05, 4.69) is 10.0 Å². The van der Waals surface area contributed by atoms with E-state index in [1.165, 1.54) is 12.8 Å². The summed E-state index contributed by atoms with van der Waals surface area (Å²) in [4.78, 5) is 0.386. The molecule has 4 nitrogen and oxygen atoms in total. The molecule has 0 atom stereocenters. The lowest BCUT2D eigenvalue weighted by Crippen LogP contribution is -2.26. The van der Waals surface area contributed by atoms with E-state index in [0.717, 1.165) is 30.5 Å². The van der Waals surface area contributed by atoms with Crippen molar-refractivity contribution in [2.75, 3.05) is 6.54 Å². The Bertz CT molecular complexity index is 590. The van der Waals surface area contributed by atoms with E-state index in [1.54, 1.807) is 12.1 Å². The molecule has 0 radical (unpaired) electrons. The van der Waals surface area contributed by atoms with Crippen molar-refractivity contribution in [3.8, 4) is 0 Å². The molecule has 0 aromatic heterocycles. The number of benzene rings is 1. The summed E-state index contributed by atoms with van der Waals surface area (Å²) in [6, 6.07) is 6.03. The highest BCUT2D eigenvalue weighted by molar-refractivity contribution is 7.89. The van der Waals surface area contributed by atoms with Crippen LogP contribution in [0, 0.1) is 12.8 Å². The standard InChI is InChI=1S/C15H22N2O2S/c1-11-2-7-15(8-13(11)10-16-14-5-6-14)20(18,19)17-9-12-3-4-12/h2,7-8,12,14,16-17H,3-6,9-10H2,1H3. The highest BCUT2D eigenvalue weighted by Gasteiger charge is 2.25. The predicted molar refractivity (Wildman–Crippen MR) is 79.0 cm³/mol. The normalized spacial score (nSPS) is 19.2. The summed E-state index contributed by atoms with van der Waals surface area (Å²) in [5.41, 5.74) is 2.21. The van der Waals surface area contributed by atoms with Crippen LogP contribution in [0.5, 0.6) is 0 Å². The van der Waals surface area contributed by atoms with Crippen LogP contribution in [0.15, 0.2) is 23.1 Å². The summed E-state index contributed by atoms with van der Waals surface area (Å²) in [6.45, 7) is 3.35. The molecule has 0 spiro atoms. The fourth-order valence-electron chi connectivity index (χ4n) is 2.18. The molecule has 0 aliphatic heterocycles. The molecule has 2 aliphatic carbocycles. The lowest BCUT2D eigenvalue weighted by atomic mass is 10.1. The molecule has 1 aromatic rings. The van der Waals surface area contributed by atoms with Crippen molar-refractivity contribution in [1.82, 2.24) is 10.0 Å². The van der Waals surface area contributed by atoms with E-state index in [1.807, 2.05) is 13.0 Å². The third-order valence-electron chi connectivity index (χ3n) is 4.05. The van der Waals surface area contributed by atoms with Crippen LogP contribution in [0.1, 0.15) is 36.8 Å². The second kappa shape index (κ2) is 5.47. The summed E-state index contributed by atoms with van der Waals surface area (Å²) in [5.74, 6) is 0.547. The molecule has 0 amide bonds. The summed E-state index contributed by atoms with van der Waals surface area (Å²) >= 11 is 0. The monoisotopic (exact) mass is 294 g/mol. The fourth-order valence-corrected chi connectivity index (χ4v) is 3.35. The molecule has 2 aliphatic rings. The molecule has 0 heterocycles. The second-order valence-corrected chi connectivity index (χ2v) is 7.81. The Hall–Kier alpha value is -0.910. The van der Waals surface area contributed by atoms with Crippen molar-refractivity contribution < 1.29 is 8.42 Å². The SMILES string of the molecule is Cc1ccc(S(=O)(=O)NCC2CC2)cc1CNC1CC1. The molecule has 2 fully saturated rings. The Kier molecular flexibility index (Phi) is 3.84. The zero-order valence-corrected chi connectivity index (χ0v) is 12.7. The van der Waals surface area contributed by atoms with E-state index in [9.17, 15) is 8.42 Å². The first-order valence-corrected chi connectivity index (χ1v) is 8.85. The Morgan fingerprint density at radius 1 is 1.20 bits per heavy atom. The molecule has 20 heavy (non-hydrogen) atoms. The van der Waals surface area contributed by atoms with Crippen molar-refractivity contribution in [3.05, 3.63) is 29.3 Å². The smallest absolute Gasteiger partial charge is 0.240 e. The first-order valence-electron chi connectivity index (χ1n) is 7.37. The van der Waals surface area contributed by atoms with Crippen LogP contribution in [-0.2, 0) is 16.6 Å². The third-order valence-corrected chi connectivity index (χ3v) is 5.47. The molecule has 0 saturated heterocycles. The number of nitrogens with one attached hydrogen (secondary N) is 2. The van der Waals surface area contributed by atoms with Crippen LogP contribution in [0.4, 0.5) is 0 Å². The van der Waals surface area contributed by atoms with Crippen LogP contribution in [0.3, 0.4) is 0 Å². The number of hydrogen-bond donors (Lipinski definition) is 2. The number of hydrogen-bond acceptors (Lipinski definition) is 3. The topological polar surface area (TPSA) is 58.2 Å². The maximum atomic E-state index is 12.2. The predicted octanol–water partition coefficient (Wildman–Crippen LogP) is 1.94. The molecule has 3 rings (SSSR count). The number of rotatable bonds is 7. The van der Waals surface area contributed by atoms with Gasteiger partial charge in [-0.25, -0.2) is 13.1 Å². The highest BCUT2D eigenvalue weighted by atomic mass is 32.2. The number of sulfonamides is 1. The minimum absolute atomic E-state index is 0.386. The molecule has 0 bridgehead atoms. The van der Waals surface area contributed by atoms with Crippen LogP contribution in [0.25, 0.3) is 0 Å². The van der Waals surface area contributed by atoms with Gasteiger partial charge >= 0.3 is 0 Å². The zero-order chi connectivity index (χ0) is 14.2. The minimum atomic E-state index is -3.36. The van der Waals surface area contributed by atoms with E-state index >= 15 is 0 Å². The maximum absolute atomic E-state index is 12.2. The van der Waals surface area contributed by atoms with Gasteiger partial charge in [-0.05, 0) is 61.8 Å². The van der Waals surface area contributed by atoms with Crippen LogP contribution in [0.2, 0.25) is 0 Å². The van der Waals surface area contributed by atoms with Crippen molar-refractivity contribution in [1.29, 1.82) is 0 Å². The van der Waals surface area contributed by atoms with Gasteiger partial charge in [0.2, 0.25) is 10.0 Å². The van der Waals surface area contributed by atoms with Crippen LogP contribution in [-0.4, -0.2) is 21.0 Å². The number of aryl methyl sites for hydroxylation is 1. The average Bonchev–Trinajstić information content (AvgIpc) is 3.28. The van der Waals surface area contributed by atoms with E-state index in [4.69, 9.17) is 0 Å². The van der Waals surface area contributed by atoms with Gasteiger partial charge in [-0.1, -0.05) is 6.07 Å². The Morgan fingerprint density at radius 2 is 1.95 bits per heavy atom. The Balaban J connectivity index is 1.71. The molecule has 0 unspecified atom stereocenters. The first-order chi connectivity index (χ1) is 9.54.